The van der Waals surface area contributed by atoms with E-state index in [-0.39, 0.29) is 5.41 Å². The van der Waals surface area contributed by atoms with Crippen molar-refractivity contribution in [3.63, 3.8) is 0 Å². The van der Waals surface area contributed by atoms with Gasteiger partial charge in [-0.2, -0.15) is 0 Å². The highest BCUT2D eigenvalue weighted by molar-refractivity contribution is 5.15. The molecule has 0 spiro atoms. The summed E-state index contributed by atoms with van der Waals surface area (Å²) in [6.07, 6.45) is 15.0. The fraction of sp³-hybridized carbons (Fsp3) is 1.00. The fourth-order valence-electron chi connectivity index (χ4n) is 10.6. The van der Waals surface area contributed by atoms with E-state index in [1.165, 1.54) is 57.9 Å². The molecule has 4 aliphatic carbocycles. The fourth-order valence-corrected chi connectivity index (χ4v) is 10.6. The Morgan fingerprint density at radius 2 is 1.49 bits per heavy atom. The van der Waals surface area contributed by atoms with Gasteiger partial charge in [0.15, 0.2) is 0 Å². The number of hydrogen-bond acceptors (Lipinski definition) is 7. The predicted octanol–water partition coefficient (Wildman–Crippen LogP) is 5.44. The summed E-state index contributed by atoms with van der Waals surface area (Å²) in [5.41, 5.74) is 18.2. The number of fused-ring (bicyclic) bond motifs is 5. The molecule has 4 aliphatic rings. The lowest BCUT2D eigenvalue weighted by Crippen LogP contribution is -2.63. The van der Waals surface area contributed by atoms with E-state index in [9.17, 15) is 0 Å². The Hall–Kier alpha value is -0.280. The van der Waals surface area contributed by atoms with E-state index in [1.54, 1.807) is 0 Å². The van der Waals surface area contributed by atoms with Crippen molar-refractivity contribution >= 4 is 0 Å². The second-order valence-electron chi connectivity index (χ2n) is 15.5. The van der Waals surface area contributed by atoms with Crippen LogP contribution < -0.4 is 17.2 Å². The normalized spacial score (nSPS) is 39.8. The average Bonchev–Trinajstić information content (AvgIpc) is 3.36. The van der Waals surface area contributed by atoms with Crippen molar-refractivity contribution in [1.82, 2.24) is 4.90 Å². The van der Waals surface area contributed by atoms with Gasteiger partial charge >= 0.3 is 0 Å². The summed E-state index contributed by atoms with van der Waals surface area (Å²) in [4.78, 5) is 2.45. The number of rotatable bonds is 18. The summed E-state index contributed by atoms with van der Waals surface area (Å²) in [5.74, 6) is 3.94. The van der Waals surface area contributed by atoms with Crippen molar-refractivity contribution in [2.24, 2.45) is 63.5 Å². The van der Waals surface area contributed by atoms with E-state index in [0.29, 0.717) is 78.9 Å². The van der Waals surface area contributed by atoms with E-state index in [0.717, 1.165) is 52.0 Å². The summed E-state index contributed by atoms with van der Waals surface area (Å²) in [7, 11) is 2.25. The van der Waals surface area contributed by atoms with Gasteiger partial charge in [-0.05, 0) is 158 Å². The highest BCUT2D eigenvalue weighted by Crippen LogP contribution is 2.69. The molecule has 43 heavy (non-hydrogen) atoms. The van der Waals surface area contributed by atoms with Crippen molar-refractivity contribution in [3.05, 3.63) is 0 Å². The first-order valence-corrected chi connectivity index (χ1v) is 18.4. The van der Waals surface area contributed by atoms with Crippen molar-refractivity contribution in [2.75, 3.05) is 59.6 Å². The molecule has 7 heteroatoms. The molecule has 4 saturated carbocycles. The summed E-state index contributed by atoms with van der Waals surface area (Å²) in [6.45, 7) is 16.9. The lowest BCUT2D eigenvalue weighted by molar-refractivity contribution is -0.227. The third kappa shape index (κ3) is 7.82. The van der Waals surface area contributed by atoms with Gasteiger partial charge in [-0.3, -0.25) is 0 Å². The van der Waals surface area contributed by atoms with E-state index in [4.69, 9.17) is 31.4 Å². The molecule has 3 unspecified atom stereocenters. The number of ether oxygens (including phenoxy) is 3. The first kappa shape index (κ1) is 35.6. The Labute approximate surface area is 265 Å². The topological polar surface area (TPSA) is 109 Å². The molecule has 0 aromatic rings. The Morgan fingerprint density at radius 1 is 0.814 bits per heavy atom. The van der Waals surface area contributed by atoms with Crippen LogP contribution >= 0.6 is 0 Å². The number of nitrogens with two attached hydrogens (primary N) is 3. The predicted molar refractivity (Wildman–Crippen MR) is 178 cm³/mol. The summed E-state index contributed by atoms with van der Waals surface area (Å²) in [5, 5.41) is 0. The molecule has 0 saturated heterocycles. The van der Waals surface area contributed by atoms with Crippen molar-refractivity contribution < 1.29 is 14.2 Å². The van der Waals surface area contributed by atoms with Gasteiger partial charge in [-0.1, -0.05) is 27.7 Å². The summed E-state index contributed by atoms with van der Waals surface area (Å²) < 4.78 is 20.3. The standard InChI is InChI=1S/C36H70N4O3/c1-6-40(5)19-7-11-26(2)29-12-13-30-34-31(25-33(36(29,30)4)43-22-10-18-39)35(3)15-14-28(41-20-8-16-37)23-27(35)24-32(34)42-21-9-17-38/h26-34H,6-25,37-39H2,1-5H3/t26-,27?,28-,29-,30+,31+,32-,33+,34?,35+,36?/m1/s1. The Balaban J connectivity index is 1.61. The molecule has 7 nitrogen and oxygen atoms in total. The van der Waals surface area contributed by atoms with Crippen LogP contribution in [0.25, 0.3) is 0 Å². The maximum Gasteiger partial charge on any atom is 0.0637 e. The quantitative estimate of drug-likeness (QED) is 0.178. The third-order valence-corrected chi connectivity index (χ3v) is 13.2. The highest BCUT2D eigenvalue weighted by Gasteiger charge is 2.66. The molecule has 0 aromatic heterocycles. The van der Waals surface area contributed by atoms with Crippen LogP contribution in [0.15, 0.2) is 0 Å². The van der Waals surface area contributed by atoms with E-state index in [2.05, 4.69) is 39.6 Å². The maximum absolute atomic E-state index is 6.99. The van der Waals surface area contributed by atoms with E-state index < -0.39 is 0 Å². The largest absolute Gasteiger partial charge is 0.378 e. The van der Waals surface area contributed by atoms with Crippen LogP contribution in [0.4, 0.5) is 0 Å². The highest BCUT2D eigenvalue weighted by atomic mass is 16.5. The minimum Gasteiger partial charge on any atom is -0.378 e. The smallest absolute Gasteiger partial charge is 0.0637 e. The van der Waals surface area contributed by atoms with Crippen molar-refractivity contribution in [2.45, 2.75) is 123 Å². The molecule has 0 radical (unpaired) electrons. The molecular formula is C36H70N4O3. The van der Waals surface area contributed by atoms with Crippen molar-refractivity contribution in [1.29, 1.82) is 0 Å². The van der Waals surface area contributed by atoms with Gasteiger partial charge in [0.1, 0.15) is 0 Å². The van der Waals surface area contributed by atoms with Crippen molar-refractivity contribution in [3.8, 4) is 0 Å². The van der Waals surface area contributed by atoms with Crippen LogP contribution in [0.5, 0.6) is 0 Å². The zero-order valence-electron chi connectivity index (χ0n) is 28.7. The summed E-state index contributed by atoms with van der Waals surface area (Å²) in [6, 6.07) is 0. The monoisotopic (exact) mass is 607 g/mol. The Morgan fingerprint density at radius 3 is 2.16 bits per heavy atom. The molecule has 4 rings (SSSR count). The minimum atomic E-state index is 0.188. The van der Waals surface area contributed by atoms with Crippen LogP contribution in [0.1, 0.15) is 105 Å². The average molecular weight is 607 g/mol. The van der Waals surface area contributed by atoms with Crippen LogP contribution in [0.3, 0.4) is 0 Å². The van der Waals surface area contributed by atoms with Crippen LogP contribution in [0.2, 0.25) is 0 Å². The Bertz CT molecular complexity index is 817. The second kappa shape index (κ2) is 16.5. The lowest BCUT2D eigenvalue weighted by atomic mass is 9.43. The van der Waals surface area contributed by atoms with Gasteiger partial charge in [0.2, 0.25) is 0 Å². The zero-order chi connectivity index (χ0) is 31.0. The molecule has 0 aromatic carbocycles. The first-order chi connectivity index (χ1) is 20.7. The van der Waals surface area contributed by atoms with Gasteiger partial charge in [-0.15, -0.1) is 0 Å². The molecule has 4 fully saturated rings. The van der Waals surface area contributed by atoms with Crippen LogP contribution in [-0.2, 0) is 14.2 Å². The molecule has 0 aliphatic heterocycles. The Kier molecular flexibility index (Phi) is 13.7. The van der Waals surface area contributed by atoms with Gasteiger partial charge in [0.05, 0.1) is 18.3 Å². The van der Waals surface area contributed by atoms with Gasteiger partial charge in [0, 0.05) is 25.2 Å². The number of hydrogen-bond donors (Lipinski definition) is 3. The molecule has 0 bridgehead atoms. The molecular weight excluding hydrogens is 536 g/mol. The molecule has 0 amide bonds. The lowest BCUT2D eigenvalue weighted by Gasteiger charge is -2.65. The van der Waals surface area contributed by atoms with E-state index in [1.807, 2.05) is 0 Å². The zero-order valence-corrected chi connectivity index (χ0v) is 28.7. The molecule has 252 valence electrons. The van der Waals surface area contributed by atoms with E-state index >= 15 is 0 Å². The maximum atomic E-state index is 6.99. The van der Waals surface area contributed by atoms with Crippen LogP contribution in [0, 0.1) is 46.3 Å². The van der Waals surface area contributed by atoms with Gasteiger partial charge in [-0.25, -0.2) is 0 Å². The van der Waals surface area contributed by atoms with Gasteiger partial charge < -0.3 is 36.3 Å². The molecule has 6 N–H and O–H groups in total. The SMILES string of the molecule is CCN(C)CCC[C@@H](C)[C@H]1CC[C@H]2C3[C@H](OCCCN)CC4C[C@H](OCCCN)CC[C@]4(C)[C@H]3C[C@H](OCCCN)C12C. The third-order valence-electron chi connectivity index (χ3n) is 13.2. The van der Waals surface area contributed by atoms with Crippen LogP contribution in [-0.4, -0.2) is 82.8 Å². The first-order valence-electron chi connectivity index (χ1n) is 18.4. The molecule has 11 atom stereocenters. The van der Waals surface area contributed by atoms with Gasteiger partial charge in [0.25, 0.3) is 0 Å². The molecule has 0 heterocycles. The number of nitrogens with zero attached hydrogens (tertiary/aromatic N) is 1. The minimum absolute atomic E-state index is 0.188. The second-order valence-corrected chi connectivity index (χ2v) is 15.5. The summed E-state index contributed by atoms with van der Waals surface area (Å²) >= 11 is 0.